The molecule has 5 nitrogen and oxygen atoms in total. The van der Waals surface area contributed by atoms with E-state index in [4.69, 9.17) is 4.74 Å². The molecule has 94 valence electrons. The van der Waals surface area contributed by atoms with Crippen molar-refractivity contribution in [3.8, 4) is 0 Å². The fraction of sp³-hybridized carbons (Fsp3) is 0.909. The lowest BCUT2D eigenvalue weighted by molar-refractivity contribution is -0.134. The molecule has 0 bridgehead atoms. The van der Waals surface area contributed by atoms with Gasteiger partial charge in [-0.15, -0.1) is 0 Å². The molecule has 0 aromatic rings. The van der Waals surface area contributed by atoms with E-state index in [2.05, 4.69) is 15.5 Å². The first kappa shape index (κ1) is 13.4. The molecule has 2 unspecified atom stereocenters. The molecule has 1 heterocycles. The Morgan fingerprint density at radius 2 is 2.38 bits per heavy atom. The summed E-state index contributed by atoms with van der Waals surface area (Å²) in [5, 5.41) is 6.12. The van der Waals surface area contributed by atoms with Crippen LogP contribution in [-0.2, 0) is 9.53 Å². The number of carbonyl (C=O) groups excluding carboxylic acids is 1. The molecule has 0 spiro atoms. The summed E-state index contributed by atoms with van der Waals surface area (Å²) >= 11 is 0. The van der Waals surface area contributed by atoms with Gasteiger partial charge in [-0.3, -0.25) is 4.79 Å². The van der Waals surface area contributed by atoms with E-state index in [0.29, 0.717) is 13.2 Å². The second-order valence-electron chi connectivity index (χ2n) is 4.57. The molecule has 1 amide bonds. The lowest BCUT2D eigenvalue weighted by Crippen LogP contribution is -2.50. The molecule has 1 saturated heterocycles. The van der Waals surface area contributed by atoms with Crippen LogP contribution in [-0.4, -0.2) is 63.3 Å². The third kappa shape index (κ3) is 4.92. The molecule has 0 aromatic carbocycles. The summed E-state index contributed by atoms with van der Waals surface area (Å²) in [6.07, 6.45) is 0.634. The van der Waals surface area contributed by atoms with Crippen molar-refractivity contribution in [2.24, 2.45) is 0 Å². The fourth-order valence-corrected chi connectivity index (χ4v) is 1.59. The number of nitrogens with zero attached hydrogens (tertiary/aromatic N) is 1. The van der Waals surface area contributed by atoms with E-state index in [1.807, 2.05) is 21.0 Å². The zero-order chi connectivity index (χ0) is 12.0. The molecule has 1 aliphatic rings. The van der Waals surface area contributed by atoms with Crippen LogP contribution in [0.1, 0.15) is 13.3 Å². The van der Waals surface area contributed by atoms with E-state index in [1.165, 1.54) is 0 Å². The summed E-state index contributed by atoms with van der Waals surface area (Å²) in [5.74, 6) is -0.00143. The molecular weight excluding hydrogens is 206 g/mol. The van der Waals surface area contributed by atoms with E-state index in [1.54, 1.807) is 0 Å². The van der Waals surface area contributed by atoms with Crippen molar-refractivity contribution >= 4 is 5.91 Å². The SMILES string of the molecule is CC(CCN(C)C)NC(=O)C1CNCCO1. The van der Waals surface area contributed by atoms with Crippen molar-refractivity contribution in [1.82, 2.24) is 15.5 Å². The molecule has 0 saturated carbocycles. The van der Waals surface area contributed by atoms with Crippen LogP contribution in [0, 0.1) is 0 Å². The van der Waals surface area contributed by atoms with E-state index < -0.39 is 0 Å². The number of hydrogen-bond donors (Lipinski definition) is 2. The van der Waals surface area contributed by atoms with Gasteiger partial charge in [0.25, 0.3) is 5.91 Å². The van der Waals surface area contributed by atoms with Gasteiger partial charge in [-0.25, -0.2) is 0 Å². The van der Waals surface area contributed by atoms with Crippen LogP contribution in [0.5, 0.6) is 0 Å². The Bertz CT molecular complexity index is 215. The zero-order valence-corrected chi connectivity index (χ0v) is 10.5. The molecule has 16 heavy (non-hydrogen) atoms. The Hall–Kier alpha value is -0.650. The minimum absolute atomic E-state index is 0.00143. The second-order valence-corrected chi connectivity index (χ2v) is 4.57. The molecule has 0 aromatic heterocycles. The molecule has 1 aliphatic heterocycles. The highest BCUT2D eigenvalue weighted by Crippen LogP contribution is 1.98. The maximum Gasteiger partial charge on any atom is 0.250 e. The van der Waals surface area contributed by atoms with Crippen LogP contribution in [0.15, 0.2) is 0 Å². The molecule has 2 N–H and O–H groups in total. The number of morpholine rings is 1. The van der Waals surface area contributed by atoms with Crippen molar-refractivity contribution in [3.05, 3.63) is 0 Å². The quantitative estimate of drug-likeness (QED) is 0.663. The molecule has 5 heteroatoms. The van der Waals surface area contributed by atoms with Crippen molar-refractivity contribution in [2.45, 2.75) is 25.5 Å². The normalized spacial score (nSPS) is 23.1. The summed E-state index contributed by atoms with van der Waals surface area (Å²) in [6, 6.07) is 0.195. The predicted molar refractivity (Wildman–Crippen MR) is 63.4 cm³/mol. The van der Waals surface area contributed by atoms with Crippen LogP contribution in [0.25, 0.3) is 0 Å². The standard InChI is InChI=1S/C11H23N3O2/c1-9(4-6-14(2)3)13-11(15)10-8-12-5-7-16-10/h9-10,12H,4-8H2,1-3H3,(H,13,15). The Morgan fingerprint density at radius 3 is 2.94 bits per heavy atom. The van der Waals surface area contributed by atoms with Crippen LogP contribution in [0.4, 0.5) is 0 Å². The fourth-order valence-electron chi connectivity index (χ4n) is 1.59. The molecular formula is C11H23N3O2. The van der Waals surface area contributed by atoms with Gasteiger partial charge in [0.1, 0.15) is 6.10 Å². The molecule has 1 fully saturated rings. The third-order valence-electron chi connectivity index (χ3n) is 2.62. The minimum Gasteiger partial charge on any atom is -0.366 e. The van der Waals surface area contributed by atoms with Crippen molar-refractivity contribution < 1.29 is 9.53 Å². The van der Waals surface area contributed by atoms with Gasteiger partial charge in [0.2, 0.25) is 0 Å². The van der Waals surface area contributed by atoms with Gasteiger partial charge in [-0.1, -0.05) is 0 Å². The Morgan fingerprint density at radius 1 is 1.62 bits per heavy atom. The van der Waals surface area contributed by atoms with E-state index >= 15 is 0 Å². The Kier molecular flexibility index (Phi) is 5.73. The summed E-state index contributed by atoms with van der Waals surface area (Å²) in [4.78, 5) is 13.9. The topological polar surface area (TPSA) is 53.6 Å². The lowest BCUT2D eigenvalue weighted by atomic mass is 10.2. The lowest BCUT2D eigenvalue weighted by Gasteiger charge is -2.25. The van der Waals surface area contributed by atoms with Gasteiger partial charge < -0.3 is 20.3 Å². The van der Waals surface area contributed by atoms with E-state index in [-0.39, 0.29) is 18.1 Å². The number of rotatable bonds is 5. The van der Waals surface area contributed by atoms with Crippen molar-refractivity contribution in [3.63, 3.8) is 0 Å². The van der Waals surface area contributed by atoms with E-state index in [0.717, 1.165) is 19.5 Å². The monoisotopic (exact) mass is 229 g/mol. The largest absolute Gasteiger partial charge is 0.366 e. The average Bonchev–Trinajstić information content (AvgIpc) is 2.27. The molecule has 2 atom stereocenters. The zero-order valence-electron chi connectivity index (χ0n) is 10.5. The summed E-state index contributed by atoms with van der Waals surface area (Å²) in [7, 11) is 4.06. The summed E-state index contributed by atoms with van der Waals surface area (Å²) in [5.41, 5.74) is 0. The Balaban J connectivity index is 2.21. The number of carbonyl (C=O) groups is 1. The van der Waals surface area contributed by atoms with Gasteiger partial charge in [0.15, 0.2) is 0 Å². The van der Waals surface area contributed by atoms with Gasteiger partial charge >= 0.3 is 0 Å². The smallest absolute Gasteiger partial charge is 0.250 e. The maximum atomic E-state index is 11.8. The highest BCUT2D eigenvalue weighted by atomic mass is 16.5. The van der Waals surface area contributed by atoms with Crippen molar-refractivity contribution in [1.29, 1.82) is 0 Å². The van der Waals surface area contributed by atoms with Gasteiger partial charge in [0.05, 0.1) is 6.61 Å². The minimum atomic E-state index is -0.324. The number of ether oxygens (including phenoxy) is 1. The van der Waals surface area contributed by atoms with Gasteiger partial charge in [-0.2, -0.15) is 0 Å². The highest BCUT2D eigenvalue weighted by molar-refractivity contribution is 5.81. The number of hydrogen-bond acceptors (Lipinski definition) is 4. The number of amides is 1. The first-order valence-corrected chi connectivity index (χ1v) is 5.87. The third-order valence-corrected chi connectivity index (χ3v) is 2.62. The molecule has 0 radical (unpaired) electrons. The summed E-state index contributed by atoms with van der Waals surface area (Å²) in [6.45, 7) is 5.07. The summed E-state index contributed by atoms with van der Waals surface area (Å²) < 4.78 is 5.38. The van der Waals surface area contributed by atoms with Crippen LogP contribution >= 0.6 is 0 Å². The molecule has 0 aliphatic carbocycles. The first-order chi connectivity index (χ1) is 7.59. The van der Waals surface area contributed by atoms with E-state index in [9.17, 15) is 4.79 Å². The number of nitrogens with one attached hydrogen (secondary N) is 2. The van der Waals surface area contributed by atoms with Crippen LogP contribution in [0.3, 0.4) is 0 Å². The average molecular weight is 229 g/mol. The molecule has 1 rings (SSSR count). The van der Waals surface area contributed by atoms with Crippen molar-refractivity contribution in [2.75, 3.05) is 40.3 Å². The highest BCUT2D eigenvalue weighted by Gasteiger charge is 2.22. The Labute approximate surface area is 97.5 Å². The first-order valence-electron chi connectivity index (χ1n) is 5.87. The van der Waals surface area contributed by atoms with Gasteiger partial charge in [0, 0.05) is 19.1 Å². The predicted octanol–water partition coefficient (Wildman–Crippen LogP) is -0.569. The second kappa shape index (κ2) is 6.83. The van der Waals surface area contributed by atoms with Crippen LogP contribution < -0.4 is 10.6 Å². The maximum absolute atomic E-state index is 11.8. The van der Waals surface area contributed by atoms with Gasteiger partial charge in [-0.05, 0) is 34.0 Å². The van der Waals surface area contributed by atoms with Crippen LogP contribution in [0.2, 0.25) is 0 Å².